The number of amides is 1. The first-order valence-corrected chi connectivity index (χ1v) is 10.3. The van der Waals surface area contributed by atoms with Crippen LogP contribution in [0.1, 0.15) is 37.3 Å². The Morgan fingerprint density at radius 1 is 1.07 bits per heavy atom. The predicted molar refractivity (Wildman–Crippen MR) is 116 cm³/mol. The molecule has 0 radical (unpaired) electrons. The van der Waals surface area contributed by atoms with Crippen molar-refractivity contribution < 1.29 is 4.79 Å². The van der Waals surface area contributed by atoms with Gasteiger partial charge in [-0.3, -0.25) is 4.79 Å². The van der Waals surface area contributed by atoms with Crippen LogP contribution >= 0.6 is 11.8 Å². The normalized spacial score (nSPS) is 11.5. The average molecular weight is 383 g/mol. The van der Waals surface area contributed by atoms with Gasteiger partial charge in [-0.1, -0.05) is 62.0 Å². The maximum Gasteiger partial charge on any atom is 0.244 e. The molecule has 2 rings (SSSR count). The first kappa shape index (κ1) is 21.3. The fourth-order valence-corrected chi connectivity index (χ4v) is 3.92. The maximum atomic E-state index is 12.1. The summed E-state index contributed by atoms with van der Waals surface area (Å²) < 4.78 is 0. The summed E-state index contributed by atoms with van der Waals surface area (Å²) in [5.74, 6) is 0.431. The molecule has 2 aromatic rings. The molecular formula is C23H30N2OS. The van der Waals surface area contributed by atoms with Gasteiger partial charge in [0, 0.05) is 22.4 Å². The van der Waals surface area contributed by atoms with Crippen LogP contribution < -0.4 is 5.32 Å². The van der Waals surface area contributed by atoms with E-state index in [0.29, 0.717) is 12.5 Å². The van der Waals surface area contributed by atoms with Crippen molar-refractivity contribution in [1.82, 2.24) is 10.2 Å². The van der Waals surface area contributed by atoms with Gasteiger partial charge in [0.05, 0.1) is 0 Å². The second kappa shape index (κ2) is 11.0. The molecule has 3 nitrogen and oxygen atoms in total. The van der Waals surface area contributed by atoms with Gasteiger partial charge in [-0.25, -0.2) is 0 Å². The Labute approximate surface area is 167 Å². The summed E-state index contributed by atoms with van der Waals surface area (Å²) in [6, 6.07) is 16.7. The molecule has 4 heteroatoms. The van der Waals surface area contributed by atoms with Crippen molar-refractivity contribution in [2.45, 2.75) is 36.0 Å². The molecule has 0 heterocycles. The molecule has 0 saturated carbocycles. The van der Waals surface area contributed by atoms with E-state index in [0.717, 1.165) is 23.4 Å². The van der Waals surface area contributed by atoms with Crippen molar-refractivity contribution in [3.8, 4) is 0 Å². The Kier molecular flexibility index (Phi) is 8.62. The van der Waals surface area contributed by atoms with Gasteiger partial charge in [-0.05, 0) is 62.3 Å². The largest absolute Gasteiger partial charge is 0.353 e. The van der Waals surface area contributed by atoms with Gasteiger partial charge in [0.25, 0.3) is 0 Å². The van der Waals surface area contributed by atoms with Gasteiger partial charge in [-0.2, -0.15) is 0 Å². The molecule has 0 aliphatic rings. The lowest BCUT2D eigenvalue weighted by Gasteiger charge is -2.13. The second-order valence-electron chi connectivity index (χ2n) is 7.11. The van der Waals surface area contributed by atoms with Crippen LogP contribution in [0, 0.1) is 0 Å². The van der Waals surface area contributed by atoms with E-state index in [1.165, 1.54) is 10.5 Å². The van der Waals surface area contributed by atoms with Gasteiger partial charge in [-0.15, -0.1) is 0 Å². The molecule has 144 valence electrons. The van der Waals surface area contributed by atoms with E-state index >= 15 is 0 Å². The van der Waals surface area contributed by atoms with Gasteiger partial charge in [0.1, 0.15) is 0 Å². The molecule has 0 spiro atoms. The van der Waals surface area contributed by atoms with Crippen LogP contribution in [0.3, 0.4) is 0 Å². The standard InChI is InChI=1S/C23H30N2OS/c1-18(2)20-11-6-8-13-22(20)27-21-12-7-5-10-19(21)14-15-23(26)24-16-9-17-25(3)4/h5-8,10-15,18H,9,16-17H2,1-4H3,(H,24,26)/b15-14+. The Balaban J connectivity index is 2.04. The third kappa shape index (κ3) is 7.24. The molecule has 0 aliphatic heterocycles. The van der Waals surface area contributed by atoms with Gasteiger partial charge >= 0.3 is 0 Å². The molecule has 27 heavy (non-hydrogen) atoms. The van der Waals surface area contributed by atoms with Crippen LogP contribution in [0.4, 0.5) is 0 Å². The number of benzene rings is 2. The predicted octanol–water partition coefficient (Wildman–Crippen LogP) is 5.04. The van der Waals surface area contributed by atoms with Crippen LogP contribution in [-0.2, 0) is 4.79 Å². The number of carbonyl (C=O) groups is 1. The highest BCUT2D eigenvalue weighted by Gasteiger charge is 2.09. The van der Waals surface area contributed by atoms with Gasteiger partial charge < -0.3 is 10.2 Å². The highest BCUT2D eigenvalue weighted by molar-refractivity contribution is 7.99. The molecular weight excluding hydrogens is 352 g/mol. The van der Waals surface area contributed by atoms with Gasteiger partial charge in [0.2, 0.25) is 5.91 Å². The maximum absolute atomic E-state index is 12.1. The van der Waals surface area contributed by atoms with E-state index in [4.69, 9.17) is 0 Å². The minimum atomic E-state index is -0.0452. The van der Waals surface area contributed by atoms with E-state index in [9.17, 15) is 4.79 Å². The Bertz CT molecular complexity index is 768. The van der Waals surface area contributed by atoms with Crippen LogP contribution in [0.25, 0.3) is 6.08 Å². The highest BCUT2D eigenvalue weighted by Crippen LogP contribution is 2.35. The fourth-order valence-electron chi connectivity index (χ4n) is 2.71. The summed E-state index contributed by atoms with van der Waals surface area (Å²) in [6.45, 7) is 6.09. The van der Waals surface area contributed by atoms with Crippen molar-refractivity contribution in [1.29, 1.82) is 0 Å². The molecule has 2 aromatic carbocycles. The Morgan fingerprint density at radius 3 is 2.44 bits per heavy atom. The summed E-state index contributed by atoms with van der Waals surface area (Å²) in [5.41, 5.74) is 2.41. The number of hydrogen-bond acceptors (Lipinski definition) is 3. The third-order valence-electron chi connectivity index (χ3n) is 4.18. The second-order valence-corrected chi connectivity index (χ2v) is 8.20. The molecule has 0 aliphatic carbocycles. The topological polar surface area (TPSA) is 32.3 Å². The first-order valence-electron chi connectivity index (χ1n) is 9.44. The average Bonchev–Trinajstić information content (AvgIpc) is 2.64. The lowest BCUT2D eigenvalue weighted by molar-refractivity contribution is -0.116. The highest BCUT2D eigenvalue weighted by atomic mass is 32.2. The van der Waals surface area contributed by atoms with Crippen molar-refractivity contribution in [2.24, 2.45) is 0 Å². The zero-order valence-corrected chi connectivity index (χ0v) is 17.6. The molecule has 0 atom stereocenters. The Hall–Kier alpha value is -2.04. The monoisotopic (exact) mass is 382 g/mol. The summed E-state index contributed by atoms with van der Waals surface area (Å²) >= 11 is 1.76. The molecule has 0 fully saturated rings. The summed E-state index contributed by atoms with van der Waals surface area (Å²) in [4.78, 5) is 16.6. The van der Waals surface area contributed by atoms with E-state index in [-0.39, 0.29) is 5.91 Å². The molecule has 1 N–H and O–H groups in total. The van der Waals surface area contributed by atoms with Crippen LogP contribution in [0.15, 0.2) is 64.4 Å². The molecule has 1 amide bonds. The lowest BCUT2D eigenvalue weighted by Crippen LogP contribution is -2.25. The van der Waals surface area contributed by atoms with E-state index in [1.807, 2.05) is 32.3 Å². The fraction of sp³-hybridized carbons (Fsp3) is 0.348. The van der Waals surface area contributed by atoms with Crippen LogP contribution in [0.2, 0.25) is 0 Å². The van der Waals surface area contributed by atoms with Crippen LogP contribution in [0.5, 0.6) is 0 Å². The van der Waals surface area contributed by atoms with E-state index < -0.39 is 0 Å². The van der Waals surface area contributed by atoms with Gasteiger partial charge in [0.15, 0.2) is 0 Å². The zero-order valence-electron chi connectivity index (χ0n) is 16.7. The SMILES string of the molecule is CC(C)c1ccccc1Sc1ccccc1/C=C/C(=O)NCCCN(C)C. The summed E-state index contributed by atoms with van der Waals surface area (Å²) in [7, 11) is 4.07. The third-order valence-corrected chi connectivity index (χ3v) is 5.36. The molecule has 0 saturated heterocycles. The summed E-state index contributed by atoms with van der Waals surface area (Å²) in [5, 5.41) is 2.94. The number of hydrogen-bond donors (Lipinski definition) is 1. The minimum absolute atomic E-state index is 0.0452. The molecule has 0 aromatic heterocycles. The number of carbonyl (C=O) groups excluding carboxylic acids is 1. The molecule has 0 bridgehead atoms. The minimum Gasteiger partial charge on any atom is -0.353 e. The van der Waals surface area contributed by atoms with Crippen molar-refractivity contribution >= 4 is 23.7 Å². The molecule has 0 unspecified atom stereocenters. The quantitative estimate of drug-likeness (QED) is 0.487. The number of nitrogens with zero attached hydrogens (tertiary/aromatic N) is 1. The van der Waals surface area contributed by atoms with Crippen LogP contribution in [-0.4, -0.2) is 38.0 Å². The lowest BCUT2D eigenvalue weighted by atomic mass is 10.0. The van der Waals surface area contributed by atoms with Crippen molar-refractivity contribution in [3.05, 3.63) is 65.7 Å². The van der Waals surface area contributed by atoms with Crippen molar-refractivity contribution in [3.63, 3.8) is 0 Å². The first-order chi connectivity index (χ1) is 13.0. The van der Waals surface area contributed by atoms with E-state index in [2.05, 4.69) is 60.5 Å². The van der Waals surface area contributed by atoms with E-state index in [1.54, 1.807) is 17.8 Å². The summed E-state index contributed by atoms with van der Waals surface area (Å²) in [6.07, 6.45) is 4.48. The van der Waals surface area contributed by atoms with Crippen molar-refractivity contribution in [2.75, 3.05) is 27.2 Å². The smallest absolute Gasteiger partial charge is 0.244 e. The number of nitrogens with one attached hydrogen (secondary N) is 1. The zero-order chi connectivity index (χ0) is 19.6. The number of rotatable bonds is 9. The Morgan fingerprint density at radius 2 is 1.74 bits per heavy atom.